The Morgan fingerprint density at radius 2 is 1.90 bits per heavy atom. The summed E-state index contributed by atoms with van der Waals surface area (Å²) >= 11 is 0. The number of nitrogens with zero attached hydrogens (tertiary/aromatic N) is 1. The largest absolute Gasteiger partial charge is 0.478 e. The van der Waals surface area contributed by atoms with Crippen LogP contribution in [0.3, 0.4) is 0 Å². The highest BCUT2D eigenvalue weighted by Crippen LogP contribution is 2.31. The van der Waals surface area contributed by atoms with E-state index >= 15 is 0 Å². The van der Waals surface area contributed by atoms with E-state index in [0.29, 0.717) is 0 Å². The van der Waals surface area contributed by atoms with Gasteiger partial charge in [0.2, 0.25) is 0 Å². The van der Waals surface area contributed by atoms with Crippen LogP contribution >= 0.6 is 0 Å². The van der Waals surface area contributed by atoms with E-state index in [9.17, 15) is 20.0 Å². The molecule has 108 valence electrons. The van der Waals surface area contributed by atoms with Gasteiger partial charge in [-0.15, -0.1) is 0 Å². The predicted molar refractivity (Wildman–Crippen MR) is 75.2 cm³/mol. The van der Waals surface area contributed by atoms with Crippen LogP contribution < -0.4 is 5.32 Å². The molecule has 0 amide bonds. The van der Waals surface area contributed by atoms with Gasteiger partial charge in [0.25, 0.3) is 5.69 Å². The third kappa shape index (κ3) is 3.26. The molecular formula is C14H18N2O4. The van der Waals surface area contributed by atoms with Crippen LogP contribution in [-0.4, -0.2) is 22.0 Å². The first-order valence-corrected chi connectivity index (χ1v) is 6.87. The number of nitro benzene ring substituents is 1. The van der Waals surface area contributed by atoms with Crippen molar-refractivity contribution in [2.24, 2.45) is 0 Å². The Kier molecular flexibility index (Phi) is 4.55. The first kappa shape index (κ1) is 14.3. The number of carbonyl (C=O) groups is 1. The monoisotopic (exact) mass is 278 g/mol. The Labute approximate surface area is 117 Å². The van der Waals surface area contributed by atoms with Crippen LogP contribution in [0.25, 0.3) is 0 Å². The van der Waals surface area contributed by atoms with Crippen LogP contribution in [0.4, 0.5) is 11.4 Å². The number of carboxylic acid groups (broad SMARTS) is 1. The molecule has 1 aromatic rings. The molecule has 0 saturated heterocycles. The van der Waals surface area contributed by atoms with E-state index < -0.39 is 10.9 Å². The number of rotatable bonds is 4. The third-order valence-electron chi connectivity index (χ3n) is 3.67. The molecule has 0 radical (unpaired) electrons. The minimum atomic E-state index is -1.15. The summed E-state index contributed by atoms with van der Waals surface area (Å²) in [5.74, 6) is -1.15. The van der Waals surface area contributed by atoms with Crippen molar-refractivity contribution in [2.45, 2.75) is 44.6 Å². The number of nitro groups is 1. The van der Waals surface area contributed by atoms with Crippen molar-refractivity contribution < 1.29 is 14.8 Å². The maximum absolute atomic E-state index is 11.2. The molecule has 0 aliphatic heterocycles. The Hall–Kier alpha value is -2.11. The van der Waals surface area contributed by atoms with Crippen molar-refractivity contribution >= 4 is 17.3 Å². The Bertz CT molecular complexity index is 476. The molecule has 0 heterocycles. The molecule has 0 atom stereocenters. The molecule has 1 saturated carbocycles. The highest BCUT2D eigenvalue weighted by Gasteiger charge is 2.24. The van der Waals surface area contributed by atoms with Crippen molar-refractivity contribution in [3.05, 3.63) is 33.9 Å². The van der Waals surface area contributed by atoms with E-state index in [0.717, 1.165) is 25.7 Å². The van der Waals surface area contributed by atoms with Gasteiger partial charge in [-0.3, -0.25) is 10.1 Å². The molecule has 6 heteroatoms. The highest BCUT2D eigenvalue weighted by molar-refractivity contribution is 5.96. The summed E-state index contributed by atoms with van der Waals surface area (Å²) in [5.41, 5.74) is -0.0745. The predicted octanol–water partition coefficient (Wildman–Crippen LogP) is 3.43. The molecule has 0 bridgehead atoms. The average molecular weight is 278 g/mol. The fourth-order valence-corrected chi connectivity index (χ4v) is 2.65. The van der Waals surface area contributed by atoms with Crippen LogP contribution in [0.2, 0.25) is 0 Å². The second kappa shape index (κ2) is 6.36. The molecule has 1 aliphatic carbocycles. The number of carboxylic acids is 1. The van der Waals surface area contributed by atoms with Crippen LogP contribution in [0.1, 0.15) is 48.9 Å². The summed E-state index contributed by atoms with van der Waals surface area (Å²) in [6, 6.07) is 4.25. The molecule has 1 fully saturated rings. The molecule has 0 aromatic heterocycles. The SMILES string of the molecule is O=C(O)c1cccc([N+](=O)[O-])c1NC1CCCCCC1. The van der Waals surface area contributed by atoms with Gasteiger partial charge in [-0.1, -0.05) is 31.7 Å². The molecule has 20 heavy (non-hydrogen) atoms. The highest BCUT2D eigenvalue weighted by atomic mass is 16.6. The Balaban J connectivity index is 2.31. The molecule has 2 rings (SSSR count). The second-order valence-corrected chi connectivity index (χ2v) is 5.09. The summed E-state index contributed by atoms with van der Waals surface area (Å²) in [6.45, 7) is 0. The first-order valence-electron chi connectivity index (χ1n) is 6.87. The maximum Gasteiger partial charge on any atom is 0.338 e. The van der Waals surface area contributed by atoms with Crippen LogP contribution in [0, 0.1) is 10.1 Å². The van der Waals surface area contributed by atoms with Crippen LogP contribution in [0.5, 0.6) is 0 Å². The zero-order chi connectivity index (χ0) is 14.5. The van der Waals surface area contributed by atoms with E-state index in [-0.39, 0.29) is 23.0 Å². The van der Waals surface area contributed by atoms with Gasteiger partial charge in [0.15, 0.2) is 0 Å². The summed E-state index contributed by atoms with van der Waals surface area (Å²) in [6.07, 6.45) is 6.32. The van der Waals surface area contributed by atoms with Gasteiger partial charge in [0.05, 0.1) is 10.5 Å². The minimum Gasteiger partial charge on any atom is -0.478 e. The van der Waals surface area contributed by atoms with Gasteiger partial charge >= 0.3 is 5.97 Å². The average Bonchev–Trinajstić information content (AvgIpc) is 2.67. The summed E-state index contributed by atoms with van der Waals surface area (Å²) in [7, 11) is 0. The van der Waals surface area contributed by atoms with Gasteiger partial charge in [-0.25, -0.2) is 4.79 Å². The number of aromatic carboxylic acids is 1. The lowest BCUT2D eigenvalue weighted by atomic mass is 10.1. The lowest BCUT2D eigenvalue weighted by Gasteiger charge is -2.18. The number of nitrogens with one attached hydrogen (secondary N) is 1. The fourth-order valence-electron chi connectivity index (χ4n) is 2.65. The normalized spacial score (nSPS) is 16.4. The maximum atomic E-state index is 11.2. The van der Waals surface area contributed by atoms with Crippen molar-refractivity contribution in [1.82, 2.24) is 0 Å². The number of para-hydroxylation sites is 1. The topological polar surface area (TPSA) is 92.5 Å². The number of hydrogen-bond donors (Lipinski definition) is 2. The smallest absolute Gasteiger partial charge is 0.338 e. The first-order chi connectivity index (χ1) is 9.59. The van der Waals surface area contributed by atoms with Gasteiger partial charge in [-0.05, 0) is 18.9 Å². The molecule has 0 unspecified atom stereocenters. The number of benzene rings is 1. The Morgan fingerprint density at radius 3 is 2.45 bits per heavy atom. The number of hydrogen-bond acceptors (Lipinski definition) is 4. The van der Waals surface area contributed by atoms with E-state index in [4.69, 9.17) is 0 Å². The zero-order valence-corrected chi connectivity index (χ0v) is 11.2. The quantitative estimate of drug-likeness (QED) is 0.500. The molecule has 2 N–H and O–H groups in total. The number of anilines is 1. The van der Waals surface area contributed by atoms with Gasteiger partial charge < -0.3 is 10.4 Å². The molecule has 6 nitrogen and oxygen atoms in total. The standard InChI is InChI=1S/C14H18N2O4/c17-14(18)11-8-5-9-12(16(19)20)13(11)15-10-6-3-1-2-4-7-10/h5,8-10,15H,1-4,6-7H2,(H,17,18). The third-order valence-corrected chi connectivity index (χ3v) is 3.67. The summed E-state index contributed by atoms with van der Waals surface area (Å²) < 4.78 is 0. The van der Waals surface area contributed by atoms with E-state index in [1.807, 2.05) is 0 Å². The lowest BCUT2D eigenvalue weighted by molar-refractivity contribution is -0.384. The zero-order valence-electron chi connectivity index (χ0n) is 11.2. The van der Waals surface area contributed by atoms with Crippen LogP contribution in [-0.2, 0) is 0 Å². The van der Waals surface area contributed by atoms with E-state index in [1.54, 1.807) is 0 Å². The molecular weight excluding hydrogens is 260 g/mol. The Morgan fingerprint density at radius 1 is 1.25 bits per heavy atom. The summed E-state index contributed by atoms with van der Waals surface area (Å²) in [4.78, 5) is 21.8. The molecule has 0 spiro atoms. The van der Waals surface area contributed by atoms with Gasteiger partial charge in [-0.2, -0.15) is 0 Å². The molecule has 1 aromatic carbocycles. The van der Waals surface area contributed by atoms with Gasteiger partial charge in [0, 0.05) is 12.1 Å². The van der Waals surface area contributed by atoms with E-state index in [1.165, 1.54) is 31.0 Å². The van der Waals surface area contributed by atoms with Crippen molar-refractivity contribution in [2.75, 3.05) is 5.32 Å². The second-order valence-electron chi connectivity index (χ2n) is 5.09. The van der Waals surface area contributed by atoms with Crippen LogP contribution in [0.15, 0.2) is 18.2 Å². The van der Waals surface area contributed by atoms with Crippen molar-refractivity contribution in [3.63, 3.8) is 0 Å². The minimum absolute atomic E-state index is 0.0385. The van der Waals surface area contributed by atoms with Gasteiger partial charge in [0.1, 0.15) is 5.69 Å². The van der Waals surface area contributed by atoms with E-state index in [2.05, 4.69) is 5.32 Å². The molecule has 1 aliphatic rings. The fraction of sp³-hybridized carbons (Fsp3) is 0.500. The summed E-state index contributed by atoms with van der Waals surface area (Å²) in [5, 5.41) is 23.4. The van der Waals surface area contributed by atoms with Crippen molar-refractivity contribution in [1.29, 1.82) is 0 Å². The lowest BCUT2D eigenvalue weighted by Crippen LogP contribution is -2.21. The van der Waals surface area contributed by atoms with Crippen molar-refractivity contribution in [3.8, 4) is 0 Å².